The summed E-state index contributed by atoms with van der Waals surface area (Å²) in [6.07, 6.45) is 0. The molecule has 130 valence electrons. The Morgan fingerprint density at radius 2 is 1.69 bits per heavy atom. The Kier molecular flexibility index (Phi) is 3.88. The third-order valence-corrected chi connectivity index (χ3v) is 4.61. The van der Waals surface area contributed by atoms with Gasteiger partial charge in [-0.1, -0.05) is 23.8 Å². The van der Waals surface area contributed by atoms with Crippen LogP contribution in [-0.2, 0) is 0 Å². The summed E-state index contributed by atoms with van der Waals surface area (Å²) in [5.41, 5.74) is 7.29. The van der Waals surface area contributed by atoms with E-state index in [0.29, 0.717) is 0 Å². The highest BCUT2D eigenvalue weighted by Crippen LogP contribution is 2.33. The van der Waals surface area contributed by atoms with E-state index in [0.717, 1.165) is 34.1 Å². The summed E-state index contributed by atoms with van der Waals surface area (Å²) >= 11 is 0. The summed E-state index contributed by atoms with van der Waals surface area (Å²) in [7, 11) is 0. The fraction of sp³-hybridized carbons (Fsp3) is 0.136. The molecule has 2 aromatic carbocycles. The molecule has 0 radical (unpaired) electrons. The second kappa shape index (κ2) is 6.23. The Labute approximate surface area is 152 Å². The average molecular weight is 343 g/mol. The van der Waals surface area contributed by atoms with Gasteiger partial charge >= 0.3 is 0 Å². The monoisotopic (exact) mass is 343 g/mol. The predicted octanol–water partition coefficient (Wildman–Crippen LogP) is 5.38. The van der Waals surface area contributed by atoms with Crippen LogP contribution in [0.3, 0.4) is 0 Å². The van der Waals surface area contributed by atoms with E-state index in [9.17, 15) is 5.11 Å². The van der Waals surface area contributed by atoms with Crippen LogP contribution >= 0.6 is 0 Å². The minimum atomic E-state index is 0.248. The molecule has 4 nitrogen and oxygen atoms in total. The summed E-state index contributed by atoms with van der Waals surface area (Å²) in [5.74, 6) is 1.17. The van der Waals surface area contributed by atoms with Gasteiger partial charge in [-0.05, 0) is 68.8 Å². The summed E-state index contributed by atoms with van der Waals surface area (Å²) in [6.45, 7) is 6.27. The van der Waals surface area contributed by atoms with Gasteiger partial charge < -0.3 is 10.4 Å². The van der Waals surface area contributed by atoms with Gasteiger partial charge in [0.1, 0.15) is 22.9 Å². The van der Waals surface area contributed by atoms with Crippen molar-refractivity contribution in [1.29, 1.82) is 0 Å². The van der Waals surface area contributed by atoms with Gasteiger partial charge in [-0.25, -0.2) is 4.98 Å². The van der Waals surface area contributed by atoms with Crippen LogP contribution in [0.25, 0.3) is 16.9 Å². The number of aromatic nitrogens is 2. The Balaban J connectivity index is 1.93. The molecule has 4 heteroatoms. The number of phenolic OH excluding ortho intramolecular Hbond substituents is 1. The van der Waals surface area contributed by atoms with Gasteiger partial charge in [0, 0.05) is 16.9 Å². The summed E-state index contributed by atoms with van der Waals surface area (Å²) in [5, 5.41) is 13.2. The van der Waals surface area contributed by atoms with Gasteiger partial charge in [-0.2, -0.15) is 0 Å². The molecule has 4 rings (SSSR count). The topological polar surface area (TPSA) is 49.6 Å². The number of pyridine rings is 1. The molecule has 0 saturated heterocycles. The highest BCUT2D eigenvalue weighted by molar-refractivity contribution is 5.80. The number of benzene rings is 2. The lowest BCUT2D eigenvalue weighted by molar-refractivity contribution is 0.475. The molecule has 0 atom stereocenters. The Morgan fingerprint density at radius 1 is 0.923 bits per heavy atom. The number of nitrogens with one attached hydrogen (secondary N) is 1. The third kappa shape index (κ3) is 2.80. The minimum Gasteiger partial charge on any atom is -0.508 e. The highest BCUT2D eigenvalue weighted by Gasteiger charge is 2.16. The van der Waals surface area contributed by atoms with E-state index in [2.05, 4.69) is 54.8 Å². The maximum absolute atomic E-state index is 9.61. The van der Waals surface area contributed by atoms with E-state index in [-0.39, 0.29) is 5.75 Å². The van der Waals surface area contributed by atoms with Gasteiger partial charge in [0.2, 0.25) is 0 Å². The van der Waals surface area contributed by atoms with Crippen LogP contribution in [0.15, 0.2) is 60.7 Å². The van der Waals surface area contributed by atoms with Crippen molar-refractivity contribution in [3.05, 3.63) is 77.5 Å². The number of aromatic hydroxyl groups is 1. The fourth-order valence-corrected chi connectivity index (χ4v) is 3.27. The number of aryl methyl sites for hydroxylation is 3. The zero-order chi connectivity index (χ0) is 18.3. The van der Waals surface area contributed by atoms with Gasteiger partial charge in [0.15, 0.2) is 0 Å². The van der Waals surface area contributed by atoms with Crippen LogP contribution < -0.4 is 5.32 Å². The number of rotatable bonds is 3. The van der Waals surface area contributed by atoms with Crippen LogP contribution in [0.4, 0.5) is 11.5 Å². The Hall–Kier alpha value is -3.27. The van der Waals surface area contributed by atoms with Crippen LogP contribution in [0.5, 0.6) is 5.75 Å². The number of hydrogen-bond donors (Lipinski definition) is 2. The first-order chi connectivity index (χ1) is 12.5. The molecular formula is C22H21N3O. The molecule has 0 aliphatic rings. The molecule has 0 bridgehead atoms. The van der Waals surface area contributed by atoms with Crippen molar-refractivity contribution in [2.45, 2.75) is 20.8 Å². The molecule has 2 aromatic heterocycles. The molecular weight excluding hydrogens is 322 g/mol. The van der Waals surface area contributed by atoms with Crippen molar-refractivity contribution < 1.29 is 5.11 Å². The second-order valence-corrected chi connectivity index (χ2v) is 6.66. The highest BCUT2D eigenvalue weighted by atomic mass is 16.3. The van der Waals surface area contributed by atoms with Crippen molar-refractivity contribution in [3.63, 3.8) is 0 Å². The SMILES string of the molecule is Cc1ccc(Nc2c(-c3ccc(O)cc3)nc3cccc(C)n23)c(C)c1. The summed E-state index contributed by atoms with van der Waals surface area (Å²) in [4.78, 5) is 4.84. The van der Waals surface area contributed by atoms with E-state index in [1.807, 2.05) is 24.3 Å². The maximum atomic E-state index is 9.61. The zero-order valence-corrected chi connectivity index (χ0v) is 15.1. The van der Waals surface area contributed by atoms with Crippen LogP contribution in [0, 0.1) is 20.8 Å². The predicted molar refractivity (Wildman–Crippen MR) is 106 cm³/mol. The van der Waals surface area contributed by atoms with Crippen molar-refractivity contribution in [3.8, 4) is 17.0 Å². The number of phenols is 1. The normalized spacial score (nSPS) is 11.0. The number of fused-ring (bicyclic) bond motifs is 1. The summed E-state index contributed by atoms with van der Waals surface area (Å²) in [6, 6.07) is 19.6. The lowest BCUT2D eigenvalue weighted by Crippen LogP contribution is -2.01. The first-order valence-corrected chi connectivity index (χ1v) is 8.65. The van der Waals surface area contributed by atoms with Gasteiger partial charge in [0.25, 0.3) is 0 Å². The van der Waals surface area contributed by atoms with Gasteiger partial charge in [-0.3, -0.25) is 4.40 Å². The van der Waals surface area contributed by atoms with Crippen LogP contribution in [0.2, 0.25) is 0 Å². The molecule has 0 spiro atoms. The number of hydrogen-bond acceptors (Lipinski definition) is 3. The molecule has 2 heterocycles. The smallest absolute Gasteiger partial charge is 0.143 e. The minimum absolute atomic E-state index is 0.248. The molecule has 0 amide bonds. The fourth-order valence-electron chi connectivity index (χ4n) is 3.27. The summed E-state index contributed by atoms with van der Waals surface area (Å²) < 4.78 is 2.13. The van der Waals surface area contributed by atoms with E-state index in [1.54, 1.807) is 12.1 Å². The van der Waals surface area contributed by atoms with Crippen molar-refractivity contribution in [2.75, 3.05) is 5.32 Å². The van der Waals surface area contributed by atoms with Crippen molar-refractivity contribution >= 4 is 17.2 Å². The van der Waals surface area contributed by atoms with E-state index >= 15 is 0 Å². The van der Waals surface area contributed by atoms with E-state index < -0.39 is 0 Å². The van der Waals surface area contributed by atoms with Crippen LogP contribution in [0.1, 0.15) is 16.8 Å². The molecule has 4 aromatic rings. The molecule has 0 aliphatic carbocycles. The molecule has 0 unspecified atom stereocenters. The number of anilines is 2. The lowest BCUT2D eigenvalue weighted by Gasteiger charge is -2.13. The molecule has 0 fully saturated rings. The zero-order valence-electron chi connectivity index (χ0n) is 15.1. The standard InChI is InChI=1S/C22H21N3O/c1-14-7-12-19(15(2)13-14)23-22-21(17-8-10-18(26)11-9-17)24-20-6-4-5-16(3)25(20)22/h4-13,23,26H,1-3H3. The number of nitrogens with zero attached hydrogens (tertiary/aromatic N) is 2. The van der Waals surface area contributed by atoms with E-state index in [1.165, 1.54) is 11.1 Å². The molecule has 2 N–H and O–H groups in total. The van der Waals surface area contributed by atoms with Crippen molar-refractivity contribution in [2.24, 2.45) is 0 Å². The number of imidazole rings is 1. The first-order valence-electron chi connectivity index (χ1n) is 8.65. The largest absolute Gasteiger partial charge is 0.508 e. The lowest BCUT2D eigenvalue weighted by atomic mass is 10.1. The van der Waals surface area contributed by atoms with E-state index in [4.69, 9.17) is 4.98 Å². The van der Waals surface area contributed by atoms with Gasteiger partial charge in [-0.15, -0.1) is 0 Å². The quantitative estimate of drug-likeness (QED) is 0.525. The second-order valence-electron chi connectivity index (χ2n) is 6.66. The average Bonchev–Trinajstić information content (AvgIpc) is 2.98. The maximum Gasteiger partial charge on any atom is 0.143 e. The Bertz CT molecular complexity index is 1090. The first kappa shape index (κ1) is 16.2. The van der Waals surface area contributed by atoms with Crippen molar-refractivity contribution in [1.82, 2.24) is 9.38 Å². The van der Waals surface area contributed by atoms with Crippen LogP contribution in [-0.4, -0.2) is 14.5 Å². The molecule has 0 saturated carbocycles. The Morgan fingerprint density at radius 3 is 2.42 bits per heavy atom. The molecule has 0 aliphatic heterocycles. The van der Waals surface area contributed by atoms with Gasteiger partial charge in [0.05, 0.1) is 0 Å². The third-order valence-electron chi connectivity index (χ3n) is 4.61. The molecule has 26 heavy (non-hydrogen) atoms.